The van der Waals surface area contributed by atoms with Crippen LogP contribution in [0.1, 0.15) is 38.3 Å². The number of rotatable bonds is 5. The van der Waals surface area contributed by atoms with Crippen molar-refractivity contribution < 1.29 is 13.2 Å². The van der Waals surface area contributed by atoms with Gasteiger partial charge in [-0.25, -0.2) is 28.1 Å². The van der Waals surface area contributed by atoms with Gasteiger partial charge in [0.05, 0.1) is 17.7 Å². The maximum Gasteiger partial charge on any atom is 0.264 e. The highest BCUT2D eigenvalue weighted by Crippen LogP contribution is 2.33. The Hall–Kier alpha value is -3.34. The van der Waals surface area contributed by atoms with Crippen molar-refractivity contribution in [1.82, 2.24) is 10.3 Å². The Labute approximate surface area is 184 Å². The second-order valence-electron chi connectivity index (χ2n) is 7.92. The van der Waals surface area contributed by atoms with Gasteiger partial charge in [0.1, 0.15) is 5.84 Å². The van der Waals surface area contributed by atoms with Gasteiger partial charge in [-0.05, 0) is 32.9 Å². The summed E-state index contributed by atoms with van der Waals surface area (Å²) in [4.78, 5) is 13.7. The van der Waals surface area contributed by atoms with Crippen LogP contribution in [-0.4, -0.2) is 41.8 Å². The number of hydrogen-bond acceptors (Lipinski definition) is 6. The number of aliphatic imine (C=N–C) groups is 2. The molecular formula is C21H27F3N8. The molecule has 1 aromatic heterocycles. The van der Waals surface area contributed by atoms with E-state index in [9.17, 15) is 13.2 Å². The van der Waals surface area contributed by atoms with Crippen LogP contribution in [-0.2, 0) is 0 Å². The van der Waals surface area contributed by atoms with E-state index in [-0.39, 0.29) is 52.1 Å². The molecule has 2 heterocycles. The van der Waals surface area contributed by atoms with Crippen LogP contribution in [0.4, 0.5) is 36.1 Å². The number of nitrogens with one attached hydrogen (secondary N) is 1. The molecule has 0 aliphatic carbocycles. The number of nitrogens with two attached hydrogens (primary N) is 3. The van der Waals surface area contributed by atoms with Crippen molar-refractivity contribution in [3.05, 3.63) is 41.3 Å². The number of benzene rings is 1. The molecule has 0 bridgehead atoms. The molecule has 0 radical (unpaired) electrons. The number of aromatic nitrogens is 1. The lowest BCUT2D eigenvalue weighted by molar-refractivity contribution is 0.151. The summed E-state index contributed by atoms with van der Waals surface area (Å²) in [5, 5.41) is 3.39. The molecule has 8 nitrogen and oxygen atoms in total. The fourth-order valence-electron chi connectivity index (χ4n) is 3.79. The van der Waals surface area contributed by atoms with Crippen molar-refractivity contribution >= 4 is 34.6 Å². The molecule has 0 amide bonds. The first-order valence-corrected chi connectivity index (χ1v) is 10.1. The highest BCUT2D eigenvalue weighted by molar-refractivity contribution is 6.05. The number of nitrogens with zero attached hydrogens (tertiary/aromatic N) is 4. The number of anilines is 2. The predicted octanol–water partition coefficient (Wildman–Crippen LogP) is 2.97. The summed E-state index contributed by atoms with van der Waals surface area (Å²) in [5.41, 5.74) is 17.9. The van der Waals surface area contributed by atoms with E-state index in [1.165, 1.54) is 19.2 Å². The summed E-state index contributed by atoms with van der Waals surface area (Å²) in [6, 6.07) is 4.41. The Kier molecular flexibility index (Phi) is 6.87. The predicted molar refractivity (Wildman–Crippen MR) is 122 cm³/mol. The van der Waals surface area contributed by atoms with Gasteiger partial charge < -0.3 is 27.4 Å². The molecule has 0 spiro atoms. The molecule has 1 aliphatic heterocycles. The molecule has 2 aromatic rings. The van der Waals surface area contributed by atoms with Gasteiger partial charge in [0.15, 0.2) is 11.6 Å². The number of alkyl halides is 2. The van der Waals surface area contributed by atoms with E-state index in [1.54, 1.807) is 6.07 Å². The normalized spacial score (nSPS) is 20.2. The number of pyridine rings is 1. The first-order valence-electron chi connectivity index (χ1n) is 10.1. The molecular weight excluding hydrogens is 421 g/mol. The first kappa shape index (κ1) is 23.3. The molecule has 0 saturated carbocycles. The van der Waals surface area contributed by atoms with Gasteiger partial charge in [-0.15, -0.1) is 0 Å². The van der Waals surface area contributed by atoms with E-state index >= 15 is 0 Å². The Morgan fingerprint density at radius 2 is 1.81 bits per heavy atom. The molecule has 1 fully saturated rings. The third-order valence-electron chi connectivity index (χ3n) is 4.94. The summed E-state index contributed by atoms with van der Waals surface area (Å²) >= 11 is 0. The topological polar surface area (TPSA) is 131 Å². The number of hydrogen-bond donors (Lipinski definition) is 4. The summed E-state index contributed by atoms with van der Waals surface area (Å²) < 4.78 is 42.1. The third kappa shape index (κ3) is 5.28. The fraction of sp³-hybridized carbons (Fsp3) is 0.381. The maximum absolute atomic E-state index is 14.2. The van der Waals surface area contributed by atoms with Crippen molar-refractivity contribution in [2.24, 2.45) is 21.5 Å². The zero-order chi connectivity index (χ0) is 23.6. The smallest absolute Gasteiger partial charge is 0.264 e. The van der Waals surface area contributed by atoms with Gasteiger partial charge in [-0.2, -0.15) is 0 Å². The van der Waals surface area contributed by atoms with Crippen LogP contribution in [0.2, 0.25) is 0 Å². The zero-order valence-corrected chi connectivity index (χ0v) is 18.1. The molecule has 2 atom stereocenters. The van der Waals surface area contributed by atoms with Gasteiger partial charge in [-0.3, -0.25) is 0 Å². The van der Waals surface area contributed by atoms with Crippen molar-refractivity contribution in [3.63, 3.8) is 0 Å². The largest absolute Gasteiger partial charge is 0.398 e. The second-order valence-corrected chi connectivity index (χ2v) is 7.92. The summed E-state index contributed by atoms with van der Waals surface area (Å²) in [6.45, 7) is 6.84. The Bertz CT molecular complexity index is 1040. The summed E-state index contributed by atoms with van der Waals surface area (Å²) in [5.74, 6) is -1.11. The highest BCUT2D eigenvalue weighted by Gasteiger charge is 2.25. The van der Waals surface area contributed by atoms with E-state index in [0.717, 1.165) is 6.07 Å². The minimum Gasteiger partial charge on any atom is -0.398 e. The first-order chi connectivity index (χ1) is 15.0. The molecule has 11 heteroatoms. The second kappa shape index (κ2) is 9.43. The maximum atomic E-state index is 14.2. The third-order valence-corrected chi connectivity index (χ3v) is 4.94. The zero-order valence-electron chi connectivity index (χ0n) is 18.1. The van der Waals surface area contributed by atoms with Gasteiger partial charge in [0.25, 0.3) is 6.43 Å². The molecule has 7 N–H and O–H groups in total. The number of piperazine rings is 1. The molecule has 1 aromatic carbocycles. The molecule has 1 aliphatic rings. The van der Waals surface area contributed by atoms with E-state index in [0.29, 0.717) is 18.8 Å². The van der Waals surface area contributed by atoms with Crippen molar-refractivity contribution in [2.75, 3.05) is 23.7 Å². The summed E-state index contributed by atoms with van der Waals surface area (Å²) in [6.07, 6.45) is -1.62. The van der Waals surface area contributed by atoms with Crippen LogP contribution in [0.25, 0.3) is 0 Å². The SMILES string of the molecule is C/C(N)=N/c1ncc(N=C(N)c2c(N)cc(N3CC(C)NC(C)C3)cc2C(F)F)cc1F. The van der Waals surface area contributed by atoms with Crippen molar-refractivity contribution in [2.45, 2.75) is 39.3 Å². The fourth-order valence-corrected chi connectivity index (χ4v) is 3.79. The molecule has 3 rings (SSSR count). The molecule has 1 saturated heterocycles. The Morgan fingerprint density at radius 3 is 2.38 bits per heavy atom. The van der Waals surface area contributed by atoms with E-state index in [1.807, 2.05) is 18.7 Å². The minimum atomic E-state index is -2.84. The van der Waals surface area contributed by atoms with Gasteiger partial charge >= 0.3 is 0 Å². The van der Waals surface area contributed by atoms with E-state index in [2.05, 4.69) is 20.3 Å². The van der Waals surface area contributed by atoms with Crippen LogP contribution in [0, 0.1) is 5.82 Å². The van der Waals surface area contributed by atoms with Gasteiger partial charge in [-0.1, -0.05) is 0 Å². The monoisotopic (exact) mass is 448 g/mol. The number of amidine groups is 2. The minimum absolute atomic E-state index is 0.0297. The van der Waals surface area contributed by atoms with Crippen molar-refractivity contribution in [1.29, 1.82) is 0 Å². The van der Waals surface area contributed by atoms with Crippen LogP contribution >= 0.6 is 0 Å². The van der Waals surface area contributed by atoms with Crippen LogP contribution < -0.4 is 27.4 Å². The Morgan fingerprint density at radius 1 is 1.16 bits per heavy atom. The Balaban J connectivity index is 1.99. The van der Waals surface area contributed by atoms with E-state index in [4.69, 9.17) is 17.2 Å². The van der Waals surface area contributed by atoms with Gasteiger partial charge in [0, 0.05) is 53.7 Å². The van der Waals surface area contributed by atoms with E-state index < -0.39 is 12.2 Å². The van der Waals surface area contributed by atoms with Gasteiger partial charge in [0.2, 0.25) is 0 Å². The van der Waals surface area contributed by atoms with Crippen molar-refractivity contribution in [3.8, 4) is 0 Å². The standard InChI is InChI=1S/C21H27F3N8/c1-10-8-32(9-11(2)29-10)14-5-15(19(23)24)18(17(26)6-14)20(27)31-13-4-16(22)21(28-7-13)30-12(3)25/h4-7,10-11,19,29H,8-9,26H2,1-3H3,(H2,27,31)(H2,25,28,30). The number of halogens is 3. The lowest BCUT2D eigenvalue weighted by atomic mass is 10.0. The molecule has 172 valence electrons. The lowest BCUT2D eigenvalue weighted by Crippen LogP contribution is -2.54. The highest BCUT2D eigenvalue weighted by atomic mass is 19.3. The van der Waals surface area contributed by atoms with Crippen LogP contribution in [0.5, 0.6) is 0 Å². The average Bonchev–Trinajstić information content (AvgIpc) is 2.68. The molecule has 32 heavy (non-hydrogen) atoms. The number of nitrogen functional groups attached to an aromatic ring is 1. The average molecular weight is 448 g/mol. The lowest BCUT2D eigenvalue weighted by Gasteiger charge is -2.38. The quantitative estimate of drug-likeness (QED) is 0.316. The molecule has 2 unspecified atom stereocenters. The van der Waals surface area contributed by atoms with Crippen LogP contribution in [0.15, 0.2) is 34.4 Å². The van der Waals surface area contributed by atoms with Crippen LogP contribution in [0.3, 0.4) is 0 Å². The summed E-state index contributed by atoms with van der Waals surface area (Å²) in [7, 11) is 0.